The predicted molar refractivity (Wildman–Crippen MR) is 49.4 cm³/mol. The van der Waals surface area contributed by atoms with Crippen molar-refractivity contribution in [2.24, 2.45) is 0 Å². The van der Waals surface area contributed by atoms with E-state index in [2.05, 4.69) is 33.0 Å². The molecule has 1 saturated heterocycles. The van der Waals surface area contributed by atoms with Gasteiger partial charge in [-0.2, -0.15) is 4.98 Å². The Hall–Kier alpha value is -0.420. The van der Waals surface area contributed by atoms with Gasteiger partial charge in [0, 0.05) is 34.6 Å². The van der Waals surface area contributed by atoms with Crippen LogP contribution in [0.2, 0.25) is 0 Å². The molecule has 0 radical (unpaired) electrons. The zero-order valence-electron chi connectivity index (χ0n) is 7.42. The molecule has 0 N–H and O–H groups in total. The average molecular weight is 247 g/mol. The van der Waals surface area contributed by atoms with E-state index in [-0.39, 0.29) is 5.41 Å². The highest BCUT2D eigenvalue weighted by molar-refractivity contribution is 9.10. The molecule has 1 fully saturated rings. The molecule has 5 heteroatoms. The van der Waals surface area contributed by atoms with Crippen molar-refractivity contribution in [1.82, 2.24) is 10.1 Å². The summed E-state index contributed by atoms with van der Waals surface area (Å²) < 4.78 is 10.2. The van der Waals surface area contributed by atoms with Crippen molar-refractivity contribution in [1.29, 1.82) is 0 Å². The van der Waals surface area contributed by atoms with Gasteiger partial charge in [0.15, 0.2) is 5.82 Å². The summed E-state index contributed by atoms with van der Waals surface area (Å²) in [5.74, 6) is 0.780. The average Bonchev–Trinajstić information content (AvgIpc) is 2.54. The lowest BCUT2D eigenvalue weighted by atomic mass is 9.82. The second-order valence-corrected chi connectivity index (χ2v) is 4.22. The van der Waals surface area contributed by atoms with Crippen LogP contribution in [0, 0.1) is 0 Å². The van der Waals surface area contributed by atoms with Crippen LogP contribution in [0.25, 0.3) is 0 Å². The van der Waals surface area contributed by atoms with Gasteiger partial charge in [-0.25, -0.2) is 0 Å². The van der Waals surface area contributed by atoms with Crippen molar-refractivity contribution >= 4 is 15.9 Å². The van der Waals surface area contributed by atoms with E-state index in [4.69, 9.17) is 9.26 Å². The zero-order valence-corrected chi connectivity index (χ0v) is 9.00. The van der Waals surface area contributed by atoms with Gasteiger partial charge in [-0.1, -0.05) is 12.1 Å². The molecule has 72 valence electrons. The number of hydrogen-bond acceptors (Lipinski definition) is 4. The van der Waals surface area contributed by atoms with E-state index < -0.39 is 0 Å². The van der Waals surface area contributed by atoms with E-state index in [9.17, 15) is 0 Å². The molecule has 1 aliphatic rings. The Morgan fingerprint density at radius 1 is 1.38 bits per heavy atom. The highest BCUT2D eigenvalue weighted by Crippen LogP contribution is 2.32. The molecular formula is C8H11BrN2O2. The lowest BCUT2D eigenvalue weighted by molar-refractivity contribution is 0.0527. The maximum absolute atomic E-state index is 5.30. The molecule has 13 heavy (non-hydrogen) atoms. The number of nitrogens with zero attached hydrogens (tertiary/aromatic N) is 2. The van der Waals surface area contributed by atoms with E-state index in [1.165, 1.54) is 0 Å². The third-order valence-electron chi connectivity index (χ3n) is 2.54. The number of hydrogen-bond donors (Lipinski definition) is 0. The summed E-state index contributed by atoms with van der Waals surface area (Å²) in [6, 6.07) is 0. The molecule has 2 rings (SSSR count). The molecule has 1 aliphatic heterocycles. The van der Waals surface area contributed by atoms with Gasteiger partial charge < -0.3 is 9.26 Å². The van der Waals surface area contributed by atoms with Gasteiger partial charge in [0.05, 0.1) is 0 Å². The summed E-state index contributed by atoms with van der Waals surface area (Å²) in [5.41, 5.74) is 0.0216. The van der Waals surface area contributed by atoms with Crippen molar-refractivity contribution in [2.45, 2.75) is 25.2 Å². The summed E-state index contributed by atoms with van der Waals surface area (Å²) in [4.78, 5) is 4.64. The highest BCUT2D eigenvalue weighted by Gasteiger charge is 2.33. The molecule has 0 aliphatic carbocycles. The first-order valence-corrected chi connectivity index (χ1v) is 5.07. The monoisotopic (exact) mass is 246 g/mol. The zero-order chi connectivity index (χ0) is 9.31. The summed E-state index contributed by atoms with van der Waals surface area (Å²) in [6.07, 6.45) is 1.91. The van der Waals surface area contributed by atoms with Gasteiger partial charge in [0.1, 0.15) is 0 Å². The Balaban J connectivity index is 2.22. The summed E-state index contributed by atoms with van der Waals surface area (Å²) in [5, 5.41) is 3.92. The van der Waals surface area contributed by atoms with Crippen molar-refractivity contribution in [3.63, 3.8) is 0 Å². The van der Waals surface area contributed by atoms with E-state index in [0.29, 0.717) is 4.80 Å². The quantitative estimate of drug-likeness (QED) is 0.760. The third-order valence-corrected chi connectivity index (χ3v) is 2.86. The minimum atomic E-state index is 0.0216. The normalized spacial score (nSPS) is 21.7. The van der Waals surface area contributed by atoms with Gasteiger partial charge in [-0.3, -0.25) is 0 Å². The van der Waals surface area contributed by atoms with Crippen LogP contribution in [-0.4, -0.2) is 23.4 Å². The second-order valence-electron chi connectivity index (χ2n) is 3.54. The Labute approximate surface area is 84.8 Å². The van der Waals surface area contributed by atoms with Crippen LogP contribution < -0.4 is 0 Å². The van der Waals surface area contributed by atoms with Gasteiger partial charge in [-0.15, -0.1) is 0 Å². The predicted octanol–water partition coefficient (Wildman–Crippen LogP) is 1.90. The van der Waals surface area contributed by atoms with Crippen molar-refractivity contribution < 1.29 is 9.26 Å². The smallest absolute Gasteiger partial charge is 0.293 e. The molecule has 0 spiro atoms. The van der Waals surface area contributed by atoms with E-state index in [1.807, 2.05) is 0 Å². The molecule has 0 atom stereocenters. The SMILES string of the molecule is CC1(c2noc(Br)n2)CCOCC1. The van der Waals surface area contributed by atoms with E-state index in [0.717, 1.165) is 31.9 Å². The molecular weight excluding hydrogens is 236 g/mol. The van der Waals surface area contributed by atoms with E-state index in [1.54, 1.807) is 0 Å². The standard InChI is InChI=1S/C8H11BrN2O2/c1-8(2-4-12-5-3-8)6-10-7(9)13-11-6/h2-5H2,1H3. The molecule has 1 aromatic heterocycles. The summed E-state index contributed by atoms with van der Waals surface area (Å²) >= 11 is 3.15. The molecule has 0 aromatic carbocycles. The Morgan fingerprint density at radius 3 is 2.62 bits per heavy atom. The maximum Gasteiger partial charge on any atom is 0.293 e. The first-order chi connectivity index (χ1) is 6.21. The minimum Gasteiger partial charge on any atom is -0.381 e. The van der Waals surface area contributed by atoms with Gasteiger partial charge in [0.25, 0.3) is 4.80 Å². The van der Waals surface area contributed by atoms with Gasteiger partial charge in [-0.05, 0) is 12.8 Å². The third kappa shape index (κ3) is 1.76. The lowest BCUT2D eigenvalue weighted by Crippen LogP contribution is -2.31. The minimum absolute atomic E-state index is 0.0216. The van der Waals surface area contributed by atoms with Crippen molar-refractivity contribution in [3.8, 4) is 0 Å². The maximum atomic E-state index is 5.30. The van der Waals surface area contributed by atoms with Crippen LogP contribution in [0.3, 0.4) is 0 Å². The number of halogens is 1. The lowest BCUT2D eigenvalue weighted by Gasteiger charge is -2.29. The molecule has 0 saturated carbocycles. The number of aromatic nitrogens is 2. The van der Waals surface area contributed by atoms with E-state index >= 15 is 0 Å². The Kier molecular flexibility index (Phi) is 2.38. The molecule has 1 aromatic rings. The highest BCUT2D eigenvalue weighted by atomic mass is 79.9. The van der Waals surface area contributed by atoms with Gasteiger partial charge in [0.2, 0.25) is 0 Å². The second kappa shape index (κ2) is 3.38. The number of ether oxygens (including phenoxy) is 1. The number of rotatable bonds is 1. The molecule has 2 heterocycles. The summed E-state index contributed by atoms with van der Waals surface area (Å²) in [7, 11) is 0. The van der Waals surface area contributed by atoms with Crippen LogP contribution in [-0.2, 0) is 10.2 Å². The molecule has 4 nitrogen and oxygen atoms in total. The fourth-order valence-electron chi connectivity index (χ4n) is 1.50. The fraction of sp³-hybridized carbons (Fsp3) is 0.750. The fourth-order valence-corrected chi connectivity index (χ4v) is 1.74. The summed E-state index contributed by atoms with van der Waals surface area (Å²) in [6.45, 7) is 3.71. The largest absolute Gasteiger partial charge is 0.381 e. The topological polar surface area (TPSA) is 48.2 Å². The first-order valence-electron chi connectivity index (χ1n) is 4.28. The van der Waals surface area contributed by atoms with Crippen LogP contribution in [0.1, 0.15) is 25.6 Å². The molecule has 0 unspecified atom stereocenters. The van der Waals surface area contributed by atoms with Crippen molar-refractivity contribution in [2.75, 3.05) is 13.2 Å². The Bertz CT molecular complexity index is 294. The van der Waals surface area contributed by atoms with Gasteiger partial charge >= 0.3 is 0 Å². The van der Waals surface area contributed by atoms with Crippen LogP contribution in [0.5, 0.6) is 0 Å². The molecule has 0 amide bonds. The Morgan fingerprint density at radius 2 is 2.08 bits per heavy atom. The van der Waals surface area contributed by atoms with Crippen molar-refractivity contribution in [3.05, 3.63) is 10.6 Å². The van der Waals surface area contributed by atoms with Crippen LogP contribution in [0.4, 0.5) is 0 Å². The molecule has 0 bridgehead atoms. The van der Waals surface area contributed by atoms with Crippen LogP contribution in [0.15, 0.2) is 9.32 Å². The first kappa shape index (κ1) is 9.15. The van der Waals surface area contributed by atoms with Crippen LogP contribution >= 0.6 is 15.9 Å².